The van der Waals surface area contributed by atoms with E-state index in [1.165, 1.54) is 0 Å². The lowest BCUT2D eigenvalue weighted by Gasteiger charge is -2.22. The monoisotopic (exact) mass is 427 g/mol. The second-order valence-electron chi connectivity index (χ2n) is 7.89. The fourth-order valence-corrected chi connectivity index (χ4v) is 3.53. The van der Waals surface area contributed by atoms with Crippen molar-refractivity contribution in [1.82, 2.24) is 9.97 Å². The van der Waals surface area contributed by atoms with Gasteiger partial charge in [-0.15, -0.1) is 0 Å². The third-order valence-electron chi connectivity index (χ3n) is 5.07. The van der Waals surface area contributed by atoms with Crippen LogP contribution in [-0.2, 0) is 4.74 Å². The van der Waals surface area contributed by atoms with Crippen LogP contribution in [0.15, 0.2) is 72.9 Å². The van der Waals surface area contributed by atoms with Crippen molar-refractivity contribution in [1.29, 1.82) is 0 Å². The molecule has 0 amide bonds. The Bertz CT molecular complexity index is 1240. The van der Waals surface area contributed by atoms with Crippen molar-refractivity contribution in [2.45, 2.75) is 32.9 Å². The first-order valence-corrected chi connectivity index (χ1v) is 10.5. The molecular weight excluding hydrogens is 402 g/mol. The molecular formula is C26H25N3O3. The Labute approximate surface area is 186 Å². The van der Waals surface area contributed by atoms with Gasteiger partial charge in [-0.05, 0) is 63.2 Å². The molecule has 6 nitrogen and oxygen atoms in total. The number of ether oxygens (including phenoxy) is 1. The number of nitrogens with zero attached hydrogens (tertiary/aromatic N) is 2. The quantitative estimate of drug-likeness (QED) is 0.400. The second kappa shape index (κ2) is 9.06. The summed E-state index contributed by atoms with van der Waals surface area (Å²) in [5, 5.41) is 15.4. The fraction of sp³-hybridized carbons (Fsp3) is 0.192. The lowest BCUT2D eigenvalue weighted by Crippen LogP contribution is -2.15. The van der Waals surface area contributed by atoms with E-state index >= 15 is 0 Å². The highest BCUT2D eigenvalue weighted by atomic mass is 16.5. The minimum atomic E-state index is -0.420. The molecule has 2 aromatic carbocycles. The summed E-state index contributed by atoms with van der Waals surface area (Å²) >= 11 is 0. The van der Waals surface area contributed by atoms with Gasteiger partial charge in [0.05, 0.1) is 23.4 Å². The van der Waals surface area contributed by atoms with Gasteiger partial charge in [0.25, 0.3) is 0 Å². The zero-order valence-corrected chi connectivity index (χ0v) is 18.2. The molecule has 0 aliphatic rings. The van der Waals surface area contributed by atoms with Gasteiger partial charge in [0, 0.05) is 28.5 Å². The number of hydrogen-bond acceptors (Lipinski definition) is 6. The maximum Gasteiger partial charge on any atom is 0.338 e. The normalized spacial score (nSPS) is 12.0. The van der Waals surface area contributed by atoms with Gasteiger partial charge in [-0.3, -0.25) is 4.98 Å². The number of carbonyl (C=O) groups excluding carboxylic acids is 1. The van der Waals surface area contributed by atoms with Crippen LogP contribution < -0.4 is 5.32 Å². The molecule has 4 rings (SSSR count). The Kier molecular flexibility index (Phi) is 6.03. The number of esters is 1. The Balaban J connectivity index is 1.71. The largest absolute Gasteiger partial charge is 0.505 e. The maximum absolute atomic E-state index is 12.1. The summed E-state index contributed by atoms with van der Waals surface area (Å²) in [6, 6.07) is 20.0. The number of benzene rings is 2. The van der Waals surface area contributed by atoms with E-state index in [9.17, 15) is 9.90 Å². The van der Waals surface area contributed by atoms with Gasteiger partial charge in [0.1, 0.15) is 11.3 Å². The molecule has 0 saturated carbocycles. The van der Waals surface area contributed by atoms with Crippen molar-refractivity contribution in [2.75, 3.05) is 5.32 Å². The predicted molar refractivity (Wildman–Crippen MR) is 125 cm³/mol. The first-order chi connectivity index (χ1) is 15.4. The van der Waals surface area contributed by atoms with E-state index in [2.05, 4.69) is 15.3 Å². The van der Waals surface area contributed by atoms with E-state index < -0.39 is 6.04 Å². The first kappa shape index (κ1) is 21.3. The molecule has 32 heavy (non-hydrogen) atoms. The first-order valence-electron chi connectivity index (χ1n) is 10.5. The number of phenolic OH excluding ortho intramolecular Hbond substituents is 1. The van der Waals surface area contributed by atoms with Crippen molar-refractivity contribution >= 4 is 22.6 Å². The van der Waals surface area contributed by atoms with Crippen molar-refractivity contribution in [3.05, 3.63) is 95.4 Å². The summed E-state index contributed by atoms with van der Waals surface area (Å²) in [5.74, 6) is -0.243. The third-order valence-corrected chi connectivity index (χ3v) is 5.07. The van der Waals surface area contributed by atoms with Crippen LogP contribution >= 0.6 is 0 Å². The zero-order chi connectivity index (χ0) is 22.7. The van der Waals surface area contributed by atoms with Crippen LogP contribution in [0.25, 0.3) is 10.9 Å². The molecule has 0 spiro atoms. The summed E-state index contributed by atoms with van der Waals surface area (Å²) in [5.41, 5.74) is 4.05. The van der Waals surface area contributed by atoms with Crippen molar-refractivity contribution in [3.63, 3.8) is 0 Å². The minimum absolute atomic E-state index is 0.117. The lowest BCUT2D eigenvalue weighted by molar-refractivity contribution is 0.0378. The number of pyridine rings is 2. The number of nitrogens with one attached hydrogen (secondary N) is 1. The standard InChI is InChI=1S/C26H25N3O3/c1-16(2)32-26(31)19-9-12-20(13-10-19)29-24(22-6-4-5-15-27-22)21-14-11-18-8-7-17(3)28-23(18)25(21)30/h4-16,24,29-30H,1-3H3. The van der Waals surface area contributed by atoms with E-state index in [1.807, 2.05) is 75.4 Å². The Hall–Kier alpha value is -3.93. The van der Waals surface area contributed by atoms with E-state index in [-0.39, 0.29) is 17.8 Å². The highest BCUT2D eigenvalue weighted by molar-refractivity contribution is 5.90. The van der Waals surface area contributed by atoms with Gasteiger partial charge in [-0.25, -0.2) is 9.78 Å². The molecule has 0 aliphatic heterocycles. The van der Waals surface area contributed by atoms with Gasteiger partial charge in [0.2, 0.25) is 0 Å². The van der Waals surface area contributed by atoms with Gasteiger partial charge < -0.3 is 15.2 Å². The SMILES string of the molecule is Cc1ccc2ccc(C(Nc3ccc(C(=O)OC(C)C)cc3)c3ccccn3)c(O)c2n1. The van der Waals surface area contributed by atoms with Crippen molar-refractivity contribution < 1.29 is 14.6 Å². The maximum atomic E-state index is 12.1. The lowest BCUT2D eigenvalue weighted by atomic mass is 9.99. The molecule has 0 saturated heterocycles. The molecule has 0 fully saturated rings. The van der Waals surface area contributed by atoms with Crippen LogP contribution in [0.1, 0.15) is 47.2 Å². The van der Waals surface area contributed by atoms with E-state index in [4.69, 9.17) is 4.74 Å². The molecule has 0 radical (unpaired) electrons. The smallest absolute Gasteiger partial charge is 0.338 e. The number of carbonyl (C=O) groups is 1. The van der Waals surface area contributed by atoms with Crippen LogP contribution in [0.4, 0.5) is 5.69 Å². The van der Waals surface area contributed by atoms with E-state index in [1.54, 1.807) is 18.3 Å². The number of hydrogen-bond donors (Lipinski definition) is 2. The molecule has 6 heteroatoms. The molecule has 2 N–H and O–H groups in total. The zero-order valence-electron chi connectivity index (χ0n) is 18.2. The van der Waals surface area contributed by atoms with Crippen LogP contribution in [0.5, 0.6) is 5.75 Å². The molecule has 2 heterocycles. The molecule has 1 atom stereocenters. The number of aromatic nitrogens is 2. The highest BCUT2D eigenvalue weighted by Gasteiger charge is 2.21. The van der Waals surface area contributed by atoms with Crippen LogP contribution in [0.3, 0.4) is 0 Å². The summed E-state index contributed by atoms with van der Waals surface area (Å²) < 4.78 is 5.25. The van der Waals surface area contributed by atoms with Crippen molar-refractivity contribution in [3.8, 4) is 5.75 Å². The molecule has 0 bridgehead atoms. The average Bonchev–Trinajstić information content (AvgIpc) is 2.79. The van der Waals surface area contributed by atoms with Gasteiger partial charge in [-0.2, -0.15) is 0 Å². The Morgan fingerprint density at radius 2 is 1.75 bits per heavy atom. The Morgan fingerprint density at radius 3 is 2.44 bits per heavy atom. The number of anilines is 1. The number of rotatable bonds is 6. The summed E-state index contributed by atoms with van der Waals surface area (Å²) in [4.78, 5) is 21.2. The molecule has 2 aromatic heterocycles. The second-order valence-corrected chi connectivity index (χ2v) is 7.89. The van der Waals surface area contributed by atoms with Crippen molar-refractivity contribution in [2.24, 2.45) is 0 Å². The Morgan fingerprint density at radius 1 is 1.00 bits per heavy atom. The third kappa shape index (κ3) is 4.54. The van der Waals surface area contributed by atoms with Gasteiger partial charge >= 0.3 is 5.97 Å². The summed E-state index contributed by atoms with van der Waals surface area (Å²) in [6.07, 6.45) is 1.54. The van der Waals surface area contributed by atoms with Crippen LogP contribution in [-0.4, -0.2) is 27.1 Å². The van der Waals surface area contributed by atoms with Gasteiger partial charge in [0.15, 0.2) is 0 Å². The number of fused-ring (bicyclic) bond motifs is 1. The number of phenols is 1. The highest BCUT2D eigenvalue weighted by Crippen LogP contribution is 2.36. The minimum Gasteiger partial charge on any atom is -0.505 e. The topological polar surface area (TPSA) is 84.3 Å². The number of aromatic hydroxyl groups is 1. The summed E-state index contributed by atoms with van der Waals surface area (Å²) in [6.45, 7) is 5.53. The van der Waals surface area contributed by atoms with Crippen LogP contribution in [0, 0.1) is 6.92 Å². The fourth-order valence-electron chi connectivity index (χ4n) is 3.53. The molecule has 0 aliphatic carbocycles. The molecule has 4 aromatic rings. The summed E-state index contributed by atoms with van der Waals surface area (Å²) in [7, 11) is 0. The van der Waals surface area contributed by atoms with E-state index in [0.717, 1.165) is 22.5 Å². The van der Waals surface area contributed by atoms with Gasteiger partial charge in [-0.1, -0.05) is 24.3 Å². The number of aryl methyl sites for hydroxylation is 1. The average molecular weight is 428 g/mol. The molecule has 162 valence electrons. The molecule has 1 unspecified atom stereocenters. The predicted octanol–water partition coefficient (Wildman–Crippen LogP) is 5.41. The van der Waals surface area contributed by atoms with Crippen LogP contribution in [0.2, 0.25) is 0 Å². The van der Waals surface area contributed by atoms with E-state index in [0.29, 0.717) is 16.6 Å².